The zero-order chi connectivity index (χ0) is 19.1. The Morgan fingerprint density at radius 1 is 1.07 bits per heavy atom. The number of hydrogen-bond acceptors (Lipinski definition) is 7. The summed E-state index contributed by atoms with van der Waals surface area (Å²) in [5, 5.41) is 16.9. The van der Waals surface area contributed by atoms with Gasteiger partial charge in [0.05, 0.1) is 10.9 Å². The van der Waals surface area contributed by atoms with Gasteiger partial charge in [-0.1, -0.05) is 55.7 Å². The van der Waals surface area contributed by atoms with Gasteiger partial charge in [-0.05, 0) is 54.3 Å². The molecule has 0 fully saturated rings. The zero-order valence-corrected chi connectivity index (χ0v) is 16.9. The predicted molar refractivity (Wildman–Crippen MR) is 105 cm³/mol. The highest BCUT2D eigenvalue weighted by molar-refractivity contribution is 7.99. The summed E-state index contributed by atoms with van der Waals surface area (Å²) in [7, 11) is 0. The standard InChI is InChI=1S/C19H26N6OS/c1-4-6-8-15-10-12-16(13-11-15)25-19(21-23-24-25)27-14(3)18-20-17(22-26-18)9-7-5-2/h10-14H,4-9H2,1-3H3. The van der Waals surface area contributed by atoms with Crippen LogP contribution < -0.4 is 0 Å². The highest BCUT2D eigenvalue weighted by Gasteiger charge is 2.19. The average Bonchev–Trinajstić information content (AvgIpc) is 3.34. The highest BCUT2D eigenvalue weighted by atomic mass is 32.2. The van der Waals surface area contributed by atoms with E-state index in [1.807, 2.05) is 6.92 Å². The van der Waals surface area contributed by atoms with Crippen molar-refractivity contribution >= 4 is 11.8 Å². The van der Waals surface area contributed by atoms with Crippen LogP contribution >= 0.6 is 11.8 Å². The number of rotatable bonds is 10. The molecule has 3 aromatic rings. The average molecular weight is 387 g/mol. The van der Waals surface area contributed by atoms with Crippen LogP contribution in [0.2, 0.25) is 0 Å². The van der Waals surface area contributed by atoms with Crippen LogP contribution in [0.4, 0.5) is 0 Å². The maximum Gasteiger partial charge on any atom is 0.239 e. The van der Waals surface area contributed by atoms with Crippen LogP contribution in [0.25, 0.3) is 5.69 Å². The number of unbranched alkanes of at least 4 members (excludes halogenated alkanes) is 2. The molecule has 2 heterocycles. The van der Waals surface area contributed by atoms with Crippen LogP contribution in [0.3, 0.4) is 0 Å². The van der Waals surface area contributed by atoms with Gasteiger partial charge >= 0.3 is 0 Å². The number of aromatic nitrogens is 6. The van der Waals surface area contributed by atoms with Gasteiger partial charge in [0.1, 0.15) is 0 Å². The Bertz CT molecular complexity index is 829. The van der Waals surface area contributed by atoms with Crippen molar-refractivity contribution in [3.05, 3.63) is 41.5 Å². The van der Waals surface area contributed by atoms with Gasteiger partial charge in [-0.2, -0.15) is 9.67 Å². The molecule has 1 aromatic carbocycles. The molecule has 2 aromatic heterocycles. The molecular weight excluding hydrogens is 360 g/mol. The first-order valence-corrected chi connectivity index (χ1v) is 10.5. The molecule has 7 nitrogen and oxygen atoms in total. The predicted octanol–water partition coefficient (Wildman–Crippen LogP) is 4.58. The second-order valence-electron chi connectivity index (χ2n) is 6.56. The minimum Gasteiger partial charge on any atom is -0.338 e. The molecule has 144 valence electrons. The van der Waals surface area contributed by atoms with Crippen LogP contribution in [0.15, 0.2) is 33.9 Å². The number of hydrogen-bond donors (Lipinski definition) is 0. The van der Waals surface area contributed by atoms with E-state index in [4.69, 9.17) is 4.52 Å². The Labute approximate surface area is 163 Å². The first-order chi connectivity index (χ1) is 13.2. The number of tetrazole rings is 1. The lowest BCUT2D eigenvalue weighted by Crippen LogP contribution is -2.01. The Morgan fingerprint density at radius 3 is 2.56 bits per heavy atom. The molecule has 0 N–H and O–H groups in total. The van der Waals surface area contributed by atoms with Gasteiger partial charge < -0.3 is 4.52 Å². The molecule has 0 bridgehead atoms. The van der Waals surface area contributed by atoms with E-state index in [1.165, 1.54) is 30.2 Å². The minimum atomic E-state index is -0.0264. The van der Waals surface area contributed by atoms with Gasteiger partial charge in [-0.15, -0.1) is 5.10 Å². The van der Waals surface area contributed by atoms with E-state index in [0.29, 0.717) is 11.0 Å². The van der Waals surface area contributed by atoms with E-state index < -0.39 is 0 Å². The molecule has 27 heavy (non-hydrogen) atoms. The smallest absolute Gasteiger partial charge is 0.239 e. The van der Waals surface area contributed by atoms with Crippen LogP contribution in [-0.4, -0.2) is 30.3 Å². The van der Waals surface area contributed by atoms with Crippen molar-refractivity contribution in [1.29, 1.82) is 0 Å². The minimum absolute atomic E-state index is 0.0264. The molecule has 0 aliphatic carbocycles. The van der Waals surface area contributed by atoms with Crippen molar-refractivity contribution in [3.63, 3.8) is 0 Å². The number of nitrogens with zero attached hydrogens (tertiary/aromatic N) is 6. The summed E-state index contributed by atoms with van der Waals surface area (Å²) in [6, 6.07) is 8.41. The highest BCUT2D eigenvalue weighted by Crippen LogP contribution is 2.33. The maximum atomic E-state index is 5.41. The van der Waals surface area contributed by atoms with Gasteiger partial charge in [0, 0.05) is 6.42 Å². The van der Waals surface area contributed by atoms with Crippen LogP contribution in [-0.2, 0) is 12.8 Å². The third kappa shape index (κ3) is 5.15. The van der Waals surface area contributed by atoms with E-state index in [2.05, 4.69) is 63.8 Å². The number of thioether (sulfide) groups is 1. The molecule has 0 spiro atoms. The third-order valence-corrected chi connectivity index (χ3v) is 5.33. The second-order valence-corrected chi connectivity index (χ2v) is 7.86. The molecule has 0 aliphatic heterocycles. The van der Waals surface area contributed by atoms with Crippen molar-refractivity contribution in [2.45, 2.75) is 69.7 Å². The van der Waals surface area contributed by atoms with Crippen LogP contribution in [0.1, 0.15) is 69.0 Å². The van der Waals surface area contributed by atoms with Crippen molar-refractivity contribution < 1.29 is 4.52 Å². The molecular formula is C19H26N6OS. The normalized spacial score (nSPS) is 12.4. The topological polar surface area (TPSA) is 82.5 Å². The van der Waals surface area contributed by atoms with E-state index in [0.717, 1.165) is 37.2 Å². The number of benzene rings is 1. The summed E-state index contributed by atoms with van der Waals surface area (Å²) in [6.07, 6.45) is 6.52. The Morgan fingerprint density at radius 2 is 1.81 bits per heavy atom. The fraction of sp³-hybridized carbons (Fsp3) is 0.526. The molecule has 0 amide bonds. The van der Waals surface area contributed by atoms with Gasteiger partial charge in [-0.3, -0.25) is 0 Å². The van der Waals surface area contributed by atoms with Crippen LogP contribution in [0.5, 0.6) is 0 Å². The summed E-state index contributed by atoms with van der Waals surface area (Å²) < 4.78 is 7.16. The number of aryl methyl sites for hydroxylation is 2. The molecule has 0 saturated carbocycles. The third-order valence-electron chi connectivity index (χ3n) is 4.31. The Balaban J connectivity index is 1.68. The quantitative estimate of drug-likeness (QED) is 0.471. The van der Waals surface area contributed by atoms with Gasteiger partial charge in [0.2, 0.25) is 11.0 Å². The van der Waals surface area contributed by atoms with Crippen molar-refractivity contribution in [2.24, 2.45) is 0 Å². The lowest BCUT2D eigenvalue weighted by Gasteiger charge is -2.08. The van der Waals surface area contributed by atoms with E-state index in [9.17, 15) is 0 Å². The fourth-order valence-electron chi connectivity index (χ4n) is 2.68. The molecule has 0 saturated heterocycles. The Kier molecular flexibility index (Phi) is 6.98. The van der Waals surface area contributed by atoms with Gasteiger partial charge in [0.25, 0.3) is 0 Å². The molecule has 1 atom stereocenters. The van der Waals surface area contributed by atoms with Crippen LogP contribution in [0, 0.1) is 0 Å². The summed E-state index contributed by atoms with van der Waals surface area (Å²) in [5.41, 5.74) is 2.28. The van der Waals surface area contributed by atoms with Crippen molar-refractivity contribution in [3.8, 4) is 5.69 Å². The molecule has 8 heteroatoms. The Hall–Kier alpha value is -2.22. The van der Waals surface area contributed by atoms with E-state index >= 15 is 0 Å². The summed E-state index contributed by atoms with van der Waals surface area (Å²) in [4.78, 5) is 4.49. The van der Waals surface area contributed by atoms with E-state index in [-0.39, 0.29) is 5.25 Å². The molecule has 1 unspecified atom stereocenters. The summed E-state index contributed by atoms with van der Waals surface area (Å²) in [6.45, 7) is 6.38. The zero-order valence-electron chi connectivity index (χ0n) is 16.1. The SMILES string of the molecule is CCCCc1ccc(-n2nnnc2SC(C)c2nc(CCCC)no2)cc1. The molecule has 0 aliphatic rings. The maximum absolute atomic E-state index is 5.41. The van der Waals surface area contributed by atoms with Gasteiger partial charge in [-0.25, -0.2) is 0 Å². The molecule has 0 radical (unpaired) electrons. The fourth-order valence-corrected chi connectivity index (χ4v) is 3.51. The largest absolute Gasteiger partial charge is 0.338 e. The lowest BCUT2D eigenvalue weighted by molar-refractivity contribution is 0.374. The molecule has 3 rings (SSSR count). The van der Waals surface area contributed by atoms with Crippen molar-refractivity contribution in [1.82, 2.24) is 30.3 Å². The van der Waals surface area contributed by atoms with Gasteiger partial charge in [0.15, 0.2) is 5.82 Å². The summed E-state index contributed by atoms with van der Waals surface area (Å²) >= 11 is 1.51. The first-order valence-electron chi connectivity index (χ1n) is 9.58. The lowest BCUT2D eigenvalue weighted by atomic mass is 10.1. The van der Waals surface area contributed by atoms with E-state index in [1.54, 1.807) is 4.68 Å². The van der Waals surface area contributed by atoms with Crippen molar-refractivity contribution in [2.75, 3.05) is 0 Å². The first kappa shape index (κ1) is 19.5. The second kappa shape index (κ2) is 9.64. The monoisotopic (exact) mass is 386 g/mol. The summed E-state index contributed by atoms with van der Waals surface area (Å²) in [5.74, 6) is 1.37.